The van der Waals surface area contributed by atoms with Crippen molar-refractivity contribution in [2.45, 2.75) is 71.2 Å². The molecule has 9 nitrogen and oxygen atoms in total. The monoisotopic (exact) mass is 362 g/mol. The average Bonchev–Trinajstić information content (AvgIpc) is 2.47. The lowest BCUT2D eigenvalue weighted by Gasteiger charge is -2.40. The van der Waals surface area contributed by atoms with Crippen LogP contribution in [0.25, 0.3) is 0 Å². The summed E-state index contributed by atoms with van der Waals surface area (Å²) in [5, 5.41) is 8.97. The topological polar surface area (TPSA) is 118 Å². The molecule has 25 heavy (non-hydrogen) atoms. The molecule has 144 valence electrons. The number of ether oxygens (including phenoxy) is 5. The van der Waals surface area contributed by atoms with E-state index in [0.717, 1.165) is 0 Å². The van der Waals surface area contributed by atoms with Gasteiger partial charge in [0.2, 0.25) is 0 Å². The number of hydrogen-bond donors (Lipinski definition) is 1. The lowest BCUT2D eigenvalue weighted by atomic mass is 10.0. The summed E-state index contributed by atoms with van der Waals surface area (Å²) in [4.78, 5) is 33.9. The molecule has 0 aliphatic carbocycles. The van der Waals surface area contributed by atoms with Gasteiger partial charge in [-0.1, -0.05) is 0 Å². The van der Waals surface area contributed by atoms with Gasteiger partial charge in [0.05, 0.1) is 6.10 Å². The van der Waals surface area contributed by atoms with Crippen LogP contribution in [-0.4, -0.2) is 66.9 Å². The van der Waals surface area contributed by atoms with E-state index in [1.807, 2.05) is 0 Å². The Morgan fingerprint density at radius 2 is 1.76 bits per heavy atom. The van der Waals surface area contributed by atoms with Gasteiger partial charge in [-0.05, 0) is 13.3 Å². The zero-order valence-corrected chi connectivity index (χ0v) is 14.9. The Morgan fingerprint density at radius 1 is 1.12 bits per heavy atom. The Bertz CT molecular complexity index is 465. The fourth-order valence-corrected chi connectivity index (χ4v) is 2.49. The maximum absolute atomic E-state index is 11.4. The van der Waals surface area contributed by atoms with Gasteiger partial charge in [0, 0.05) is 33.8 Å². The molecule has 0 radical (unpaired) electrons. The van der Waals surface area contributed by atoms with Crippen LogP contribution in [0.1, 0.15) is 40.5 Å². The first-order valence-electron chi connectivity index (χ1n) is 8.12. The lowest BCUT2D eigenvalue weighted by molar-refractivity contribution is -0.275. The van der Waals surface area contributed by atoms with Crippen LogP contribution in [0.5, 0.6) is 0 Å². The quantitative estimate of drug-likeness (QED) is 0.481. The van der Waals surface area contributed by atoms with Gasteiger partial charge in [0.15, 0.2) is 12.4 Å². The standard InChI is InChI=1S/C16H26O9/c1-9(5-6-17)22-15-7-13(23-11(3)19)16(24-12(4)20)14(25-15)8-21-10(2)18/h9,13-17H,5-8H2,1-4H3/t9-,13-,14?,15-,16-/m1/s1. The van der Waals surface area contributed by atoms with Gasteiger partial charge in [0.1, 0.15) is 18.8 Å². The number of aliphatic hydroxyl groups excluding tert-OH is 1. The van der Waals surface area contributed by atoms with Crippen molar-refractivity contribution in [1.29, 1.82) is 0 Å². The molecule has 1 aliphatic heterocycles. The van der Waals surface area contributed by atoms with Crippen molar-refractivity contribution < 1.29 is 43.2 Å². The second-order valence-electron chi connectivity index (χ2n) is 5.82. The van der Waals surface area contributed by atoms with Gasteiger partial charge >= 0.3 is 17.9 Å². The van der Waals surface area contributed by atoms with Crippen molar-refractivity contribution >= 4 is 17.9 Å². The molecule has 1 aliphatic rings. The number of aliphatic hydroxyl groups is 1. The fourth-order valence-electron chi connectivity index (χ4n) is 2.49. The predicted molar refractivity (Wildman–Crippen MR) is 83.3 cm³/mol. The number of carbonyl (C=O) groups is 3. The largest absolute Gasteiger partial charge is 0.463 e. The lowest BCUT2D eigenvalue weighted by Crippen LogP contribution is -2.54. The maximum Gasteiger partial charge on any atom is 0.303 e. The van der Waals surface area contributed by atoms with Crippen LogP contribution in [0.3, 0.4) is 0 Å². The molecule has 0 bridgehead atoms. The average molecular weight is 362 g/mol. The van der Waals surface area contributed by atoms with Crippen molar-refractivity contribution in [2.24, 2.45) is 0 Å². The van der Waals surface area contributed by atoms with Crippen molar-refractivity contribution in [3.8, 4) is 0 Å². The van der Waals surface area contributed by atoms with Crippen LogP contribution in [0.2, 0.25) is 0 Å². The molecular formula is C16H26O9. The minimum absolute atomic E-state index is 0.0474. The molecule has 9 heteroatoms. The number of esters is 3. The van der Waals surface area contributed by atoms with Crippen molar-refractivity contribution in [1.82, 2.24) is 0 Å². The molecule has 0 spiro atoms. The number of rotatable bonds is 8. The van der Waals surface area contributed by atoms with Gasteiger partial charge in [0.25, 0.3) is 0 Å². The molecule has 0 aromatic heterocycles. The van der Waals surface area contributed by atoms with E-state index in [9.17, 15) is 14.4 Å². The Balaban J connectivity index is 2.91. The molecule has 5 atom stereocenters. The van der Waals surface area contributed by atoms with E-state index < -0.39 is 42.5 Å². The molecular weight excluding hydrogens is 336 g/mol. The Hall–Kier alpha value is -1.71. The molecule has 1 unspecified atom stereocenters. The number of carbonyl (C=O) groups excluding carboxylic acids is 3. The van der Waals surface area contributed by atoms with Gasteiger partial charge in [-0.25, -0.2) is 0 Å². The normalized spacial score (nSPS) is 27.2. The molecule has 0 aromatic rings. The van der Waals surface area contributed by atoms with Crippen LogP contribution in [-0.2, 0) is 38.1 Å². The van der Waals surface area contributed by atoms with Gasteiger partial charge in [-0.3, -0.25) is 14.4 Å². The summed E-state index contributed by atoms with van der Waals surface area (Å²) in [5.74, 6) is -1.64. The summed E-state index contributed by atoms with van der Waals surface area (Å²) in [6.07, 6.45) is -3.09. The van der Waals surface area contributed by atoms with Crippen molar-refractivity contribution in [2.75, 3.05) is 13.2 Å². The third-order valence-electron chi connectivity index (χ3n) is 3.47. The maximum atomic E-state index is 11.4. The molecule has 1 heterocycles. The summed E-state index contributed by atoms with van der Waals surface area (Å²) in [6, 6.07) is 0. The SMILES string of the molecule is CC(=O)OCC1O[C@@H](O[C@H](C)CCO)C[C@@H](OC(C)=O)[C@H]1OC(C)=O. The molecule has 1 fully saturated rings. The van der Waals surface area contributed by atoms with Gasteiger partial charge in [-0.15, -0.1) is 0 Å². The van der Waals surface area contributed by atoms with Crippen LogP contribution in [0, 0.1) is 0 Å². The van der Waals surface area contributed by atoms with Crippen LogP contribution in [0.15, 0.2) is 0 Å². The first-order chi connectivity index (χ1) is 11.7. The zero-order valence-electron chi connectivity index (χ0n) is 14.9. The third kappa shape index (κ3) is 7.80. The fraction of sp³-hybridized carbons (Fsp3) is 0.812. The molecule has 0 saturated carbocycles. The summed E-state index contributed by atoms with van der Waals surface area (Å²) in [7, 11) is 0. The molecule has 1 saturated heterocycles. The van der Waals surface area contributed by atoms with Crippen LogP contribution >= 0.6 is 0 Å². The Labute approximate surface area is 146 Å². The van der Waals surface area contributed by atoms with E-state index in [1.165, 1.54) is 20.8 Å². The molecule has 0 amide bonds. The minimum Gasteiger partial charge on any atom is -0.463 e. The van der Waals surface area contributed by atoms with Crippen LogP contribution in [0.4, 0.5) is 0 Å². The first kappa shape index (κ1) is 21.3. The Morgan fingerprint density at radius 3 is 2.28 bits per heavy atom. The second kappa shape index (κ2) is 10.3. The van der Waals surface area contributed by atoms with Crippen molar-refractivity contribution in [3.63, 3.8) is 0 Å². The minimum atomic E-state index is -0.922. The molecule has 0 aromatic carbocycles. The second-order valence-corrected chi connectivity index (χ2v) is 5.82. The third-order valence-corrected chi connectivity index (χ3v) is 3.47. The summed E-state index contributed by atoms with van der Waals surface area (Å²) in [6.45, 7) is 5.24. The highest BCUT2D eigenvalue weighted by Crippen LogP contribution is 2.28. The summed E-state index contributed by atoms with van der Waals surface area (Å²) >= 11 is 0. The van der Waals surface area contributed by atoms with E-state index in [4.69, 9.17) is 28.8 Å². The zero-order chi connectivity index (χ0) is 19.0. The van der Waals surface area contributed by atoms with Crippen molar-refractivity contribution in [3.05, 3.63) is 0 Å². The highest BCUT2D eigenvalue weighted by atomic mass is 16.7. The van der Waals surface area contributed by atoms with E-state index in [1.54, 1.807) is 6.92 Å². The Kier molecular flexibility index (Phi) is 8.81. The van der Waals surface area contributed by atoms with E-state index in [0.29, 0.717) is 6.42 Å². The highest BCUT2D eigenvalue weighted by molar-refractivity contribution is 5.67. The number of hydrogen-bond acceptors (Lipinski definition) is 9. The van der Waals surface area contributed by atoms with E-state index in [2.05, 4.69) is 0 Å². The highest BCUT2D eigenvalue weighted by Gasteiger charge is 2.44. The molecule has 1 N–H and O–H groups in total. The summed E-state index contributed by atoms with van der Waals surface area (Å²) < 4.78 is 26.8. The van der Waals surface area contributed by atoms with E-state index in [-0.39, 0.29) is 25.7 Å². The van der Waals surface area contributed by atoms with Gasteiger partial charge < -0.3 is 28.8 Å². The smallest absolute Gasteiger partial charge is 0.303 e. The first-order valence-corrected chi connectivity index (χ1v) is 8.12. The van der Waals surface area contributed by atoms with Gasteiger partial charge in [-0.2, -0.15) is 0 Å². The summed E-state index contributed by atoms with van der Waals surface area (Å²) in [5.41, 5.74) is 0. The molecule has 1 rings (SSSR count). The van der Waals surface area contributed by atoms with E-state index >= 15 is 0 Å². The van der Waals surface area contributed by atoms with Crippen LogP contribution < -0.4 is 0 Å². The predicted octanol–water partition coefficient (Wildman–Crippen LogP) is 0.315.